The van der Waals surface area contributed by atoms with Gasteiger partial charge in [0.25, 0.3) is 0 Å². The van der Waals surface area contributed by atoms with Gasteiger partial charge < -0.3 is 20.3 Å². The summed E-state index contributed by atoms with van der Waals surface area (Å²) in [6.45, 7) is 4.91. The number of alkyl halides is 6. The molecule has 1 aromatic rings. The second kappa shape index (κ2) is 12.3. The van der Waals surface area contributed by atoms with E-state index in [4.69, 9.17) is 24.5 Å². The third-order valence-electron chi connectivity index (χ3n) is 4.71. The molecule has 2 aliphatic rings. The Kier molecular flexibility index (Phi) is 10.7. The highest BCUT2D eigenvalue weighted by Gasteiger charge is 2.41. The van der Waals surface area contributed by atoms with Crippen LogP contribution >= 0.6 is 11.3 Å². The van der Waals surface area contributed by atoms with Gasteiger partial charge in [-0.3, -0.25) is 9.69 Å². The fraction of sp³-hybridized carbons (Fsp3) is 0.667. The highest BCUT2D eigenvalue weighted by atomic mass is 32.1. The number of halogens is 6. The number of hydrogen-bond acceptors (Lipinski definition) is 7. The first-order valence-corrected chi connectivity index (χ1v) is 10.5. The van der Waals surface area contributed by atoms with Crippen LogP contribution in [0.2, 0.25) is 0 Å². The molecule has 0 saturated carbocycles. The first-order chi connectivity index (χ1) is 15.5. The second-order valence-electron chi connectivity index (χ2n) is 7.26. The summed E-state index contributed by atoms with van der Waals surface area (Å²) >= 11 is 1.70. The number of nitrogens with zero attached hydrogens (tertiary/aromatic N) is 2. The number of aliphatic carboxylic acids is 2. The molecular weight excluding hydrogens is 500 g/mol. The zero-order chi connectivity index (χ0) is 26.3. The second-order valence-corrected chi connectivity index (χ2v) is 8.32. The lowest BCUT2D eigenvalue weighted by atomic mass is 9.91. The molecule has 0 unspecified atom stereocenters. The lowest BCUT2D eigenvalue weighted by Gasteiger charge is -2.33. The molecule has 16 heteroatoms. The van der Waals surface area contributed by atoms with Crippen LogP contribution in [0, 0.1) is 12.8 Å². The SMILES string of the molecule is CNC(=O)[C@H]1C[C@@H]2CCN(Cc3csc(C)n3)C[C@H]2O1.O=C(O)C(F)(F)F.O=C(O)C(F)(F)F. The summed E-state index contributed by atoms with van der Waals surface area (Å²) in [4.78, 5) is 36.4. The van der Waals surface area contributed by atoms with E-state index in [1.807, 2.05) is 6.92 Å². The summed E-state index contributed by atoms with van der Waals surface area (Å²) in [7, 11) is 1.67. The van der Waals surface area contributed by atoms with E-state index >= 15 is 0 Å². The number of carboxylic acids is 2. The maximum absolute atomic E-state index is 11.7. The van der Waals surface area contributed by atoms with E-state index in [2.05, 4.69) is 20.6 Å². The van der Waals surface area contributed by atoms with Crippen LogP contribution in [0.15, 0.2) is 5.38 Å². The van der Waals surface area contributed by atoms with Gasteiger partial charge in [-0.05, 0) is 32.2 Å². The Morgan fingerprint density at radius 3 is 2.12 bits per heavy atom. The van der Waals surface area contributed by atoms with E-state index in [-0.39, 0.29) is 18.1 Å². The summed E-state index contributed by atoms with van der Waals surface area (Å²) in [5, 5.41) is 20.2. The van der Waals surface area contributed by atoms with E-state index in [0.717, 1.165) is 43.2 Å². The van der Waals surface area contributed by atoms with Crippen LogP contribution in [0.25, 0.3) is 0 Å². The van der Waals surface area contributed by atoms with Crippen LogP contribution in [0.1, 0.15) is 23.5 Å². The predicted octanol–water partition coefficient (Wildman–Crippen LogP) is 2.44. The van der Waals surface area contributed by atoms with Crippen LogP contribution in [-0.2, 0) is 25.7 Å². The summed E-state index contributed by atoms with van der Waals surface area (Å²) in [5.41, 5.74) is 1.15. The Hall–Kier alpha value is -2.46. The number of carbonyl (C=O) groups is 3. The average molecular weight is 523 g/mol. The Labute approximate surface area is 193 Å². The lowest BCUT2D eigenvalue weighted by Crippen LogP contribution is -2.42. The predicted molar refractivity (Wildman–Crippen MR) is 105 cm³/mol. The Morgan fingerprint density at radius 2 is 1.71 bits per heavy atom. The number of rotatable bonds is 3. The van der Waals surface area contributed by atoms with E-state index in [1.54, 1.807) is 18.4 Å². The number of piperidine rings is 1. The van der Waals surface area contributed by atoms with Crippen molar-refractivity contribution in [2.45, 2.75) is 50.9 Å². The van der Waals surface area contributed by atoms with Crippen molar-refractivity contribution in [1.29, 1.82) is 0 Å². The van der Waals surface area contributed by atoms with Crippen LogP contribution < -0.4 is 5.32 Å². The molecule has 1 amide bonds. The fourth-order valence-electron chi connectivity index (χ4n) is 3.18. The van der Waals surface area contributed by atoms with Crippen LogP contribution in [0.3, 0.4) is 0 Å². The standard InChI is InChI=1S/C14H21N3O2S.2C2HF3O2/c1-9-16-11(8-20-9)6-17-4-3-10-5-12(14(18)15-2)19-13(10)7-17;2*3-2(4,5)1(6)7/h8,10,12-13H,3-7H2,1-2H3,(H,15,18);2*(H,6,7)/t10-,12+,13+;;/m0../s1. The van der Waals surface area contributed by atoms with E-state index in [0.29, 0.717) is 5.92 Å². The van der Waals surface area contributed by atoms with Gasteiger partial charge in [-0.2, -0.15) is 26.3 Å². The molecule has 3 heterocycles. The van der Waals surface area contributed by atoms with Crippen LogP contribution in [0.5, 0.6) is 0 Å². The van der Waals surface area contributed by atoms with Crippen LogP contribution in [-0.4, -0.2) is 82.6 Å². The molecular formula is C18H23F6N3O6S. The molecule has 0 radical (unpaired) electrons. The van der Waals surface area contributed by atoms with Crippen molar-refractivity contribution < 1.29 is 55.7 Å². The van der Waals surface area contributed by atoms with Gasteiger partial charge in [-0.25, -0.2) is 14.6 Å². The summed E-state index contributed by atoms with van der Waals surface area (Å²) in [6, 6.07) is 0. The number of carbonyl (C=O) groups excluding carboxylic acids is 1. The minimum Gasteiger partial charge on any atom is -0.475 e. The number of likely N-dealkylation sites (N-methyl/N-ethyl adjacent to an activating group) is 1. The number of amides is 1. The topological polar surface area (TPSA) is 129 Å². The quantitative estimate of drug-likeness (QED) is 0.516. The number of carboxylic acid groups (broad SMARTS) is 2. The summed E-state index contributed by atoms with van der Waals surface area (Å²) in [5.74, 6) is -4.97. The van der Waals surface area contributed by atoms with Gasteiger partial charge in [-0.15, -0.1) is 11.3 Å². The minimum absolute atomic E-state index is 0.0149. The number of hydrogen-bond donors (Lipinski definition) is 3. The molecule has 3 atom stereocenters. The van der Waals surface area contributed by atoms with Crippen LogP contribution in [0.4, 0.5) is 26.3 Å². The molecule has 3 N–H and O–H groups in total. The number of ether oxygens (including phenoxy) is 1. The highest BCUT2D eigenvalue weighted by Crippen LogP contribution is 2.33. The van der Waals surface area contributed by atoms with E-state index < -0.39 is 24.3 Å². The van der Waals surface area contributed by atoms with E-state index in [1.165, 1.54) is 0 Å². The third kappa shape index (κ3) is 9.80. The zero-order valence-electron chi connectivity index (χ0n) is 17.9. The molecule has 0 aliphatic carbocycles. The minimum atomic E-state index is -5.08. The maximum atomic E-state index is 11.7. The lowest BCUT2D eigenvalue weighted by molar-refractivity contribution is -0.193. The number of aromatic nitrogens is 1. The van der Waals surface area contributed by atoms with Crippen molar-refractivity contribution in [2.75, 3.05) is 20.1 Å². The number of likely N-dealkylation sites (tertiary alicyclic amines) is 1. The van der Waals surface area contributed by atoms with Gasteiger partial charge in [0.2, 0.25) is 5.91 Å². The molecule has 2 aliphatic heterocycles. The number of fused-ring (bicyclic) bond motifs is 1. The molecule has 194 valence electrons. The van der Waals surface area contributed by atoms with Gasteiger partial charge in [0.15, 0.2) is 0 Å². The molecule has 0 bridgehead atoms. The van der Waals surface area contributed by atoms with Crippen molar-refractivity contribution in [1.82, 2.24) is 15.2 Å². The van der Waals surface area contributed by atoms with Crippen molar-refractivity contribution in [2.24, 2.45) is 5.92 Å². The molecule has 2 fully saturated rings. The molecule has 9 nitrogen and oxygen atoms in total. The third-order valence-corrected chi connectivity index (χ3v) is 5.53. The van der Waals surface area contributed by atoms with Gasteiger partial charge in [0.05, 0.1) is 16.8 Å². The van der Waals surface area contributed by atoms with Gasteiger partial charge in [-0.1, -0.05) is 0 Å². The first-order valence-electron chi connectivity index (χ1n) is 9.65. The normalized spacial score (nSPS) is 22.4. The molecule has 34 heavy (non-hydrogen) atoms. The first kappa shape index (κ1) is 29.6. The Bertz CT molecular complexity index is 823. The molecule has 3 rings (SSSR count). The number of nitrogens with one attached hydrogen (secondary N) is 1. The molecule has 1 aromatic heterocycles. The van der Waals surface area contributed by atoms with Crippen molar-refractivity contribution in [3.63, 3.8) is 0 Å². The zero-order valence-corrected chi connectivity index (χ0v) is 18.8. The van der Waals surface area contributed by atoms with Gasteiger partial charge in [0.1, 0.15) is 6.10 Å². The molecule has 0 aromatic carbocycles. The smallest absolute Gasteiger partial charge is 0.475 e. The van der Waals surface area contributed by atoms with Gasteiger partial charge >= 0.3 is 24.3 Å². The monoisotopic (exact) mass is 523 g/mol. The Balaban J connectivity index is 0.000000343. The largest absolute Gasteiger partial charge is 0.490 e. The van der Waals surface area contributed by atoms with Crippen molar-refractivity contribution in [3.8, 4) is 0 Å². The van der Waals surface area contributed by atoms with Gasteiger partial charge in [0, 0.05) is 25.5 Å². The molecule has 0 spiro atoms. The Morgan fingerprint density at radius 1 is 1.18 bits per heavy atom. The van der Waals surface area contributed by atoms with E-state index in [9.17, 15) is 31.1 Å². The summed E-state index contributed by atoms with van der Waals surface area (Å²) < 4.78 is 69.4. The van der Waals surface area contributed by atoms with Crippen molar-refractivity contribution >= 4 is 29.2 Å². The van der Waals surface area contributed by atoms with Crippen molar-refractivity contribution in [3.05, 3.63) is 16.1 Å². The average Bonchev–Trinajstić information content (AvgIpc) is 3.32. The summed E-state index contributed by atoms with van der Waals surface area (Å²) in [6.07, 6.45) is -8.24. The number of thiazole rings is 1. The molecule has 2 saturated heterocycles. The maximum Gasteiger partial charge on any atom is 0.490 e. The highest BCUT2D eigenvalue weighted by molar-refractivity contribution is 7.09. The number of aryl methyl sites for hydroxylation is 1. The fourth-order valence-corrected chi connectivity index (χ4v) is 3.78.